The summed E-state index contributed by atoms with van der Waals surface area (Å²) in [5, 5.41) is 12.1. The number of rotatable bonds is 2. The average Bonchev–Trinajstić information content (AvgIpc) is 2.74. The summed E-state index contributed by atoms with van der Waals surface area (Å²) in [4.78, 5) is 4.13. The van der Waals surface area contributed by atoms with Gasteiger partial charge in [-0.1, -0.05) is 47.7 Å². The molecule has 1 heterocycles. The lowest BCUT2D eigenvalue weighted by Crippen LogP contribution is -1.80. The Hall–Kier alpha value is -2.27. The van der Waals surface area contributed by atoms with Gasteiger partial charge in [0.1, 0.15) is 0 Å². The van der Waals surface area contributed by atoms with Crippen molar-refractivity contribution >= 4 is 37.9 Å². The van der Waals surface area contributed by atoms with Crippen molar-refractivity contribution in [3.8, 4) is 0 Å². The molecule has 94 valence electrons. The van der Waals surface area contributed by atoms with E-state index < -0.39 is 0 Å². The van der Waals surface area contributed by atoms with Gasteiger partial charge in [0.25, 0.3) is 0 Å². The highest BCUT2D eigenvalue weighted by molar-refractivity contribution is 7.19. The largest absolute Gasteiger partial charge is 0.375 e. The van der Waals surface area contributed by atoms with Crippen molar-refractivity contribution in [1.82, 2.24) is 4.98 Å². The van der Waals surface area contributed by atoms with Crippen LogP contribution in [0.2, 0.25) is 0 Å². The van der Waals surface area contributed by atoms with E-state index in [1.54, 1.807) is 0 Å². The number of hydrogen-bond acceptors (Lipinski definition) is 5. The van der Waals surface area contributed by atoms with Crippen LogP contribution in [0.1, 0.15) is 5.69 Å². The first-order valence-electron chi connectivity index (χ1n) is 5.86. The van der Waals surface area contributed by atoms with Gasteiger partial charge in [-0.2, -0.15) is 0 Å². The van der Waals surface area contributed by atoms with Crippen LogP contribution in [-0.2, 0) is 0 Å². The fraction of sp³-hybridized carbons (Fsp3) is 0.0714. The van der Waals surface area contributed by atoms with Gasteiger partial charge in [0.15, 0.2) is 10.1 Å². The van der Waals surface area contributed by atoms with Crippen molar-refractivity contribution in [2.75, 3.05) is 5.73 Å². The molecule has 0 aliphatic heterocycles. The monoisotopic (exact) mass is 268 g/mol. The molecule has 5 heteroatoms. The first-order chi connectivity index (χ1) is 9.24. The molecule has 0 atom stereocenters. The fourth-order valence-electron chi connectivity index (χ4n) is 1.90. The van der Waals surface area contributed by atoms with Crippen molar-refractivity contribution in [3.63, 3.8) is 0 Å². The zero-order valence-electron chi connectivity index (χ0n) is 10.4. The van der Waals surface area contributed by atoms with Crippen LogP contribution < -0.4 is 5.73 Å². The number of aromatic nitrogens is 1. The predicted molar refractivity (Wildman–Crippen MR) is 79.4 cm³/mol. The molecule has 19 heavy (non-hydrogen) atoms. The molecule has 0 saturated carbocycles. The van der Waals surface area contributed by atoms with E-state index in [-0.39, 0.29) is 0 Å². The molecule has 0 aliphatic carbocycles. The third kappa shape index (κ3) is 2.32. The molecule has 0 aliphatic rings. The SMILES string of the molecule is Cc1nc(N)sc1N=Nc1cccc2ccccc12. The van der Waals surface area contributed by atoms with Crippen molar-refractivity contribution in [2.45, 2.75) is 6.92 Å². The Morgan fingerprint density at radius 1 is 1.05 bits per heavy atom. The van der Waals surface area contributed by atoms with Gasteiger partial charge in [-0.15, -0.1) is 10.2 Å². The van der Waals surface area contributed by atoms with E-state index in [4.69, 9.17) is 5.73 Å². The van der Waals surface area contributed by atoms with Gasteiger partial charge in [0, 0.05) is 5.39 Å². The third-order valence-electron chi connectivity index (χ3n) is 2.80. The van der Waals surface area contributed by atoms with Gasteiger partial charge >= 0.3 is 0 Å². The molecule has 2 aromatic carbocycles. The number of fused-ring (bicyclic) bond motifs is 1. The maximum Gasteiger partial charge on any atom is 0.182 e. The number of nitrogens with zero attached hydrogens (tertiary/aromatic N) is 3. The lowest BCUT2D eigenvalue weighted by Gasteiger charge is -1.99. The Balaban J connectivity index is 2.04. The summed E-state index contributed by atoms with van der Waals surface area (Å²) >= 11 is 1.35. The lowest BCUT2D eigenvalue weighted by molar-refractivity contribution is 1.20. The second-order valence-electron chi connectivity index (χ2n) is 4.14. The highest BCUT2D eigenvalue weighted by Crippen LogP contribution is 2.32. The molecule has 2 N–H and O–H groups in total. The number of benzene rings is 2. The van der Waals surface area contributed by atoms with Gasteiger partial charge in [0.2, 0.25) is 0 Å². The molecule has 0 unspecified atom stereocenters. The summed E-state index contributed by atoms with van der Waals surface area (Å²) in [5.41, 5.74) is 7.31. The Morgan fingerprint density at radius 2 is 1.84 bits per heavy atom. The number of hydrogen-bond donors (Lipinski definition) is 1. The van der Waals surface area contributed by atoms with Crippen molar-refractivity contribution in [1.29, 1.82) is 0 Å². The van der Waals surface area contributed by atoms with E-state index >= 15 is 0 Å². The lowest BCUT2D eigenvalue weighted by atomic mass is 10.1. The highest BCUT2D eigenvalue weighted by atomic mass is 32.1. The van der Waals surface area contributed by atoms with Gasteiger partial charge in [-0.25, -0.2) is 4.98 Å². The van der Waals surface area contributed by atoms with E-state index in [0.717, 1.165) is 27.2 Å². The van der Waals surface area contributed by atoms with Crippen LogP contribution in [0.5, 0.6) is 0 Å². The maximum absolute atomic E-state index is 5.64. The van der Waals surface area contributed by atoms with Crippen LogP contribution in [0.3, 0.4) is 0 Å². The summed E-state index contributed by atoms with van der Waals surface area (Å²) in [7, 11) is 0. The Kier molecular flexibility index (Phi) is 2.97. The van der Waals surface area contributed by atoms with Gasteiger partial charge in [0.05, 0.1) is 11.4 Å². The number of anilines is 1. The van der Waals surface area contributed by atoms with Crippen molar-refractivity contribution in [3.05, 3.63) is 48.2 Å². The molecular weight excluding hydrogens is 256 g/mol. The maximum atomic E-state index is 5.64. The summed E-state index contributed by atoms with van der Waals surface area (Å²) in [6.45, 7) is 1.88. The number of nitrogens with two attached hydrogens (primary N) is 1. The van der Waals surface area contributed by atoms with Crippen LogP contribution in [0.15, 0.2) is 52.7 Å². The van der Waals surface area contributed by atoms with Gasteiger partial charge in [-0.3, -0.25) is 0 Å². The quantitative estimate of drug-likeness (QED) is 0.690. The Bertz CT molecular complexity index is 756. The fourth-order valence-corrected chi connectivity index (χ4v) is 2.55. The van der Waals surface area contributed by atoms with Crippen LogP contribution >= 0.6 is 11.3 Å². The molecular formula is C14H12N4S. The molecule has 3 aromatic rings. The third-order valence-corrected chi connectivity index (χ3v) is 3.67. The summed E-state index contributed by atoms with van der Waals surface area (Å²) < 4.78 is 0. The van der Waals surface area contributed by atoms with Crippen molar-refractivity contribution in [2.24, 2.45) is 10.2 Å². The standard InChI is InChI=1S/C14H12N4S/c1-9-13(19-14(15)16-9)18-17-12-8-4-6-10-5-2-3-7-11(10)12/h2-8H,1H3,(H2,15,16). The van der Waals surface area contributed by atoms with Gasteiger partial charge < -0.3 is 5.73 Å². The first-order valence-corrected chi connectivity index (χ1v) is 6.68. The molecule has 4 nitrogen and oxygen atoms in total. The second-order valence-corrected chi connectivity index (χ2v) is 5.15. The zero-order valence-corrected chi connectivity index (χ0v) is 11.2. The summed E-state index contributed by atoms with van der Waals surface area (Å²) in [6, 6.07) is 14.1. The smallest absolute Gasteiger partial charge is 0.182 e. The molecule has 0 amide bonds. The van der Waals surface area contributed by atoms with Crippen LogP contribution in [-0.4, -0.2) is 4.98 Å². The van der Waals surface area contributed by atoms with E-state index in [2.05, 4.69) is 27.3 Å². The van der Waals surface area contributed by atoms with E-state index in [1.165, 1.54) is 11.3 Å². The molecule has 0 fully saturated rings. The summed E-state index contributed by atoms with van der Waals surface area (Å²) in [5.74, 6) is 0. The molecule has 0 radical (unpaired) electrons. The average molecular weight is 268 g/mol. The Morgan fingerprint density at radius 3 is 2.63 bits per heavy atom. The minimum Gasteiger partial charge on any atom is -0.375 e. The highest BCUT2D eigenvalue weighted by Gasteiger charge is 2.04. The summed E-state index contributed by atoms with van der Waals surface area (Å²) in [6.07, 6.45) is 0. The second kappa shape index (κ2) is 4.78. The van der Waals surface area contributed by atoms with Gasteiger partial charge in [-0.05, 0) is 18.4 Å². The topological polar surface area (TPSA) is 63.6 Å². The number of nitrogen functional groups attached to an aromatic ring is 1. The minimum absolute atomic E-state index is 0.518. The predicted octanol–water partition coefficient (Wildman–Crippen LogP) is 4.60. The van der Waals surface area contributed by atoms with Crippen molar-refractivity contribution < 1.29 is 0 Å². The Labute approximate surface area is 114 Å². The molecule has 0 saturated heterocycles. The first kappa shape index (κ1) is 11.8. The minimum atomic E-state index is 0.518. The normalized spacial score (nSPS) is 11.4. The van der Waals surface area contributed by atoms with E-state index in [0.29, 0.717) is 5.13 Å². The number of azo groups is 1. The van der Waals surface area contributed by atoms with Crippen LogP contribution in [0.4, 0.5) is 15.8 Å². The zero-order chi connectivity index (χ0) is 13.2. The van der Waals surface area contributed by atoms with E-state index in [9.17, 15) is 0 Å². The number of thiazole rings is 1. The molecule has 1 aromatic heterocycles. The molecule has 3 rings (SSSR count). The molecule has 0 spiro atoms. The molecule has 0 bridgehead atoms. The van der Waals surface area contributed by atoms with Crippen LogP contribution in [0, 0.1) is 6.92 Å². The van der Waals surface area contributed by atoms with Crippen LogP contribution in [0.25, 0.3) is 10.8 Å². The van der Waals surface area contributed by atoms with E-state index in [1.807, 2.05) is 37.3 Å². The number of aryl methyl sites for hydroxylation is 1.